The number of hydrogen-bond donors (Lipinski definition) is 1. The fourth-order valence-corrected chi connectivity index (χ4v) is 3.01. The zero-order valence-electron chi connectivity index (χ0n) is 11.0. The van der Waals surface area contributed by atoms with E-state index < -0.39 is 6.10 Å². The molecule has 1 atom stereocenters. The molecule has 1 N–H and O–H groups in total. The van der Waals surface area contributed by atoms with Crippen LogP contribution in [0.2, 0.25) is 15.1 Å². The highest BCUT2D eigenvalue weighted by atomic mass is 79.9. The second-order valence-electron chi connectivity index (χ2n) is 4.28. The molecule has 0 fully saturated rings. The molecular formula is C15H12BrCl3O2. The van der Waals surface area contributed by atoms with Crippen molar-refractivity contribution in [3.63, 3.8) is 0 Å². The van der Waals surface area contributed by atoms with Crippen molar-refractivity contribution in [1.29, 1.82) is 0 Å². The Bertz CT molecular complexity index is 662. The highest BCUT2D eigenvalue weighted by Gasteiger charge is 2.20. The van der Waals surface area contributed by atoms with E-state index in [1.165, 1.54) is 0 Å². The molecule has 0 aliphatic rings. The van der Waals surface area contributed by atoms with E-state index in [-0.39, 0.29) is 0 Å². The first-order chi connectivity index (χ1) is 9.95. The SMILES string of the molecule is CCOc1cc(Cl)c(C(O)c2cccc(Br)c2Cl)cc1Cl. The largest absolute Gasteiger partial charge is 0.492 e. The molecule has 0 bridgehead atoms. The van der Waals surface area contributed by atoms with Gasteiger partial charge in [0.05, 0.1) is 21.7 Å². The van der Waals surface area contributed by atoms with Crippen molar-refractivity contribution in [2.45, 2.75) is 13.0 Å². The van der Waals surface area contributed by atoms with Gasteiger partial charge in [-0.3, -0.25) is 0 Å². The van der Waals surface area contributed by atoms with E-state index in [0.29, 0.717) is 43.0 Å². The minimum absolute atomic E-state index is 0.367. The molecule has 0 aromatic heterocycles. The second-order valence-corrected chi connectivity index (χ2v) is 6.33. The molecule has 0 heterocycles. The number of rotatable bonds is 4. The molecule has 2 aromatic carbocycles. The zero-order valence-corrected chi connectivity index (χ0v) is 14.9. The molecule has 2 aromatic rings. The fraction of sp³-hybridized carbons (Fsp3) is 0.200. The van der Waals surface area contributed by atoms with Crippen LogP contribution < -0.4 is 4.74 Å². The molecule has 0 amide bonds. The van der Waals surface area contributed by atoms with Crippen molar-refractivity contribution in [2.75, 3.05) is 6.61 Å². The Kier molecular flexibility index (Phi) is 5.81. The van der Waals surface area contributed by atoms with Crippen LogP contribution in [-0.4, -0.2) is 11.7 Å². The summed E-state index contributed by atoms with van der Waals surface area (Å²) in [6.07, 6.45) is -0.976. The minimum Gasteiger partial charge on any atom is -0.492 e. The lowest BCUT2D eigenvalue weighted by molar-refractivity contribution is 0.220. The maximum Gasteiger partial charge on any atom is 0.139 e. The third-order valence-electron chi connectivity index (χ3n) is 2.92. The monoisotopic (exact) mass is 408 g/mol. The molecule has 2 nitrogen and oxygen atoms in total. The van der Waals surface area contributed by atoms with Crippen molar-refractivity contribution < 1.29 is 9.84 Å². The molecule has 0 spiro atoms. The Morgan fingerprint density at radius 2 is 1.86 bits per heavy atom. The van der Waals surface area contributed by atoms with Crippen molar-refractivity contribution in [2.24, 2.45) is 0 Å². The first-order valence-electron chi connectivity index (χ1n) is 6.19. The fourth-order valence-electron chi connectivity index (χ4n) is 1.92. The van der Waals surface area contributed by atoms with E-state index in [2.05, 4.69) is 15.9 Å². The number of hydrogen-bond acceptors (Lipinski definition) is 2. The summed E-state index contributed by atoms with van der Waals surface area (Å²) in [7, 11) is 0. The Labute approximate surface area is 146 Å². The van der Waals surface area contributed by atoms with E-state index >= 15 is 0 Å². The Hall–Kier alpha value is -0.450. The van der Waals surface area contributed by atoms with Gasteiger partial charge in [0.2, 0.25) is 0 Å². The smallest absolute Gasteiger partial charge is 0.139 e. The van der Waals surface area contributed by atoms with Gasteiger partial charge in [-0.2, -0.15) is 0 Å². The minimum atomic E-state index is -0.976. The maximum atomic E-state index is 10.5. The standard InChI is InChI=1S/C15H12BrCl3O2/c1-2-21-13-7-11(17)9(6-12(13)18)15(20)8-4-3-5-10(16)14(8)19/h3-7,15,20H,2H2,1H3. The van der Waals surface area contributed by atoms with Crippen LogP contribution in [0.15, 0.2) is 34.8 Å². The van der Waals surface area contributed by atoms with Gasteiger partial charge in [-0.25, -0.2) is 0 Å². The summed E-state index contributed by atoms with van der Waals surface area (Å²) in [6, 6.07) is 8.51. The van der Waals surface area contributed by atoms with Gasteiger partial charge in [0.25, 0.3) is 0 Å². The van der Waals surface area contributed by atoms with Crippen LogP contribution in [0.5, 0.6) is 5.75 Å². The van der Waals surface area contributed by atoms with Gasteiger partial charge in [0, 0.05) is 21.7 Å². The van der Waals surface area contributed by atoms with Crippen molar-refractivity contribution in [1.82, 2.24) is 0 Å². The lowest BCUT2D eigenvalue weighted by atomic mass is 10.0. The van der Waals surface area contributed by atoms with E-state index in [0.717, 1.165) is 0 Å². The van der Waals surface area contributed by atoms with Crippen molar-refractivity contribution in [3.8, 4) is 5.75 Å². The number of ether oxygens (including phenoxy) is 1. The van der Waals surface area contributed by atoms with Crippen LogP contribution in [0.25, 0.3) is 0 Å². The first kappa shape index (κ1) is 16.9. The molecule has 0 aliphatic carbocycles. The van der Waals surface area contributed by atoms with Gasteiger partial charge in [-0.1, -0.05) is 46.9 Å². The van der Waals surface area contributed by atoms with Gasteiger partial charge < -0.3 is 9.84 Å². The normalized spacial score (nSPS) is 12.3. The van der Waals surface area contributed by atoms with Crippen molar-refractivity contribution >= 4 is 50.7 Å². The number of aliphatic hydroxyl groups is 1. The summed E-state index contributed by atoms with van der Waals surface area (Å²) in [5.74, 6) is 0.487. The van der Waals surface area contributed by atoms with Crippen LogP contribution in [0.1, 0.15) is 24.2 Å². The number of benzene rings is 2. The average Bonchev–Trinajstić information content (AvgIpc) is 2.45. The van der Waals surface area contributed by atoms with Crippen molar-refractivity contribution in [3.05, 3.63) is 61.0 Å². The maximum absolute atomic E-state index is 10.5. The van der Waals surface area contributed by atoms with Crippen LogP contribution in [0, 0.1) is 0 Å². The molecule has 21 heavy (non-hydrogen) atoms. The lowest BCUT2D eigenvalue weighted by Gasteiger charge is -2.17. The molecule has 112 valence electrons. The van der Waals surface area contributed by atoms with Gasteiger partial charge >= 0.3 is 0 Å². The molecule has 0 saturated heterocycles. The highest BCUT2D eigenvalue weighted by molar-refractivity contribution is 9.10. The zero-order chi connectivity index (χ0) is 15.6. The van der Waals surface area contributed by atoms with Gasteiger partial charge in [-0.15, -0.1) is 0 Å². The van der Waals surface area contributed by atoms with E-state index in [1.54, 1.807) is 30.3 Å². The average molecular weight is 411 g/mol. The van der Waals surface area contributed by atoms with Crippen LogP contribution in [0.3, 0.4) is 0 Å². The Morgan fingerprint density at radius 1 is 1.14 bits per heavy atom. The van der Waals surface area contributed by atoms with Crippen LogP contribution in [0.4, 0.5) is 0 Å². The predicted octanol–water partition coefficient (Wildman–Crippen LogP) is 5.89. The van der Waals surface area contributed by atoms with E-state index in [1.807, 2.05) is 6.92 Å². The molecular weight excluding hydrogens is 398 g/mol. The van der Waals surface area contributed by atoms with Gasteiger partial charge in [-0.05, 0) is 35.0 Å². The lowest BCUT2D eigenvalue weighted by Crippen LogP contribution is -2.03. The summed E-state index contributed by atoms with van der Waals surface area (Å²) in [6.45, 7) is 2.34. The molecule has 0 saturated carbocycles. The number of aliphatic hydroxyl groups excluding tert-OH is 1. The Balaban J connectivity index is 2.46. The first-order valence-corrected chi connectivity index (χ1v) is 8.12. The number of halogens is 4. The highest BCUT2D eigenvalue weighted by Crippen LogP contribution is 2.39. The topological polar surface area (TPSA) is 29.5 Å². The van der Waals surface area contributed by atoms with E-state index in [4.69, 9.17) is 39.5 Å². The van der Waals surface area contributed by atoms with E-state index in [9.17, 15) is 5.11 Å². The molecule has 1 unspecified atom stereocenters. The third kappa shape index (κ3) is 3.66. The Morgan fingerprint density at radius 3 is 2.52 bits per heavy atom. The predicted molar refractivity (Wildman–Crippen MR) is 90.8 cm³/mol. The third-order valence-corrected chi connectivity index (χ3v) is 4.86. The second kappa shape index (κ2) is 7.21. The quantitative estimate of drug-likeness (QED) is 0.681. The summed E-state index contributed by atoms with van der Waals surface area (Å²) in [5.41, 5.74) is 1.03. The summed E-state index contributed by atoms with van der Waals surface area (Å²) in [5, 5.41) is 11.7. The molecule has 6 heteroatoms. The summed E-state index contributed by atoms with van der Waals surface area (Å²) in [4.78, 5) is 0. The summed E-state index contributed by atoms with van der Waals surface area (Å²) < 4.78 is 6.07. The van der Waals surface area contributed by atoms with Gasteiger partial charge in [0.15, 0.2) is 0 Å². The van der Waals surface area contributed by atoms with Crippen LogP contribution in [-0.2, 0) is 0 Å². The van der Waals surface area contributed by atoms with Crippen LogP contribution >= 0.6 is 50.7 Å². The molecule has 0 radical (unpaired) electrons. The summed E-state index contributed by atoms with van der Waals surface area (Å²) >= 11 is 21.9. The molecule has 2 rings (SSSR count). The molecule has 0 aliphatic heterocycles. The van der Waals surface area contributed by atoms with Gasteiger partial charge in [0.1, 0.15) is 11.9 Å².